The number of hydrogen-bond acceptors (Lipinski definition) is 6. The molecule has 0 saturated carbocycles. The Morgan fingerprint density at radius 3 is 0.944 bits per heavy atom. The molecule has 0 aromatic heterocycles. The van der Waals surface area contributed by atoms with Crippen LogP contribution in [0.3, 0.4) is 0 Å². The van der Waals surface area contributed by atoms with Crippen LogP contribution in [0.4, 0.5) is 0 Å². The van der Waals surface area contributed by atoms with Gasteiger partial charge in [-0.15, -0.1) is 0 Å². The summed E-state index contributed by atoms with van der Waals surface area (Å²) in [5, 5.41) is 0. The van der Waals surface area contributed by atoms with Crippen LogP contribution < -0.4 is 0 Å². The molecule has 0 bridgehead atoms. The predicted octanol–water partition coefficient (Wildman–Crippen LogP) is 20.5. The van der Waals surface area contributed by atoms with Gasteiger partial charge in [-0.05, 0) is 116 Å². The molecule has 0 amide bonds. The fourth-order valence-electron chi connectivity index (χ4n) is 8.27. The second-order valence-electron chi connectivity index (χ2n) is 19.9. The third kappa shape index (κ3) is 57.2. The topological polar surface area (TPSA) is 78.9 Å². The maximum Gasteiger partial charge on any atom is 0.306 e. The first-order chi connectivity index (χ1) is 35.5. The van der Waals surface area contributed by atoms with Gasteiger partial charge >= 0.3 is 17.9 Å². The van der Waals surface area contributed by atoms with E-state index in [1.54, 1.807) is 0 Å². The van der Waals surface area contributed by atoms with E-state index < -0.39 is 6.10 Å². The molecule has 0 heterocycles. The van der Waals surface area contributed by atoms with Gasteiger partial charge in [-0.2, -0.15) is 0 Å². The highest BCUT2D eigenvalue weighted by atomic mass is 16.6. The summed E-state index contributed by atoms with van der Waals surface area (Å²) >= 11 is 0. The van der Waals surface area contributed by atoms with Crippen molar-refractivity contribution in [3.8, 4) is 0 Å². The van der Waals surface area contributed by atoms with Crippen LogP contribution in [0.25, 0.3) is 0 Å². The lowest BCUT2D eigenvalue weighted by Crippen LogP contribution is -2.30. The van der Waals surface area contributed by atoms with E-state index in [1.165, 1.54) is 128 Å². The monoisotopic (exact) mass is 1000 g/mol. The van der Waals surface area contributed by atoms with Crippen molar-refractivity contribution in [1.82, 2.24) is 0 Å². The van der Waals surface area contributed by atoms with Crippen LogP contribution in [-0.2, 0) is 28.6 Å². The van der Waals surface area contributed by atoms with Crippen LogP contribution in [-0.4, -0.2) is 37.2 Å². The Morgan fingerprint density at radius 2 is 0.569 bits per heavy atom. The molecule has 0 aromatic rings. The summed E-state index contributed by atoms with van der Waals surface area (Å²) in [6.45, 7) is 6.43. The van der Waals surface area contributed by atoms with Gasteiger partial charge in [0.05, 0.1) is 0 Å². The lowest BCUT2D eigenvalue weighted by atomic mass is 10.0. The Balaban J connectivity index is 4.35. The van der Waals surface area contributed by atoms with E-state index in [0.717, 1.165) is 109 Å². The van der Waals surface area contributed by atoms with Crippen molar-refractivity contribution in [1.29, 1.82) is 0 Å². The number of allylic oxidation sites excluding steroid dienone is 16. The third-order valence-corrected chi connectivity index (χ3v) is 12.8. The van der Waals surface area contributed by atoms with Gasteiger partial charge in [0, 0.05) is 19.3 Å². The van der Waals surface area contributed by atoms with Crippen LogP contribution in [0, 0.1) is 0 Å². The first-order valence-electron chi connectivity index (χ1n) is 30.2. The predicted molar refractivity (Wildman–Crippen MR) is 311 cm³/mol. The molecule has 0 rings (SSSR count). The molecule has 0 aromatic carbocycles. The lowest BCUT2D eigenvalue weighted by molar-refractivity contribution is -0.167. The molecule has 0 aliphatic rings. The number of rotatable bonds is 54. The molecule has 0 aliphatic heterocycles. The van der Waals surface area contributed by atoms with Gasteiger partial charge in [0.25, 0.3) is 0 Å². The van der Waals surface area contributed by atoms with Gasteiger partial charge in [0.1, 0.15) is 13.2 Å². The molecule has 0 radical (unpaired) electrons. The van der Waals surface area contributed by atoms with E-state index in [9.17, 15) is 14.4 Å². The minimum Gasteiger partial charge on any atom is -0.462 e. The average Bonchev–Trinajstić information content (AvgIpc) is 3.38. The number of carbonyl (C=O) groups excluding carboxylic acids is 3. The summed E-state index contributed by atoms with van der Waals surface area (Å²) in [5.41, 5.74) is 0. The van der Waals surface area contributed by atoms with Crippen LogP contribution in [0.5, 0.6) is 0 Å². The molecule has 72 heavy (non-hydrogen) atoms. The highest BCUT2D eigenvalue weighted by molar-refractivity contribution is 5.71. The fraction of sp³-hybridized carbons (Fsp3) is 0.712. The smallest absolute Gasteiger partial charge is 0.306 e. The standard InChI is InChI=1S/C66H112O6/c1-4-7-10-13-16-19-22-24-26-28-30-32-33-35-36-38-40-42-44-47-50-53-56-59-65(68)71-62-63(61-70-64(67)58-55-52-49-46-21-18-15-12-9-6-3)72-66(69)60-57-54-51-48-45-43-41-39-37-34-31-29-27-25-23-20-17-14-11-8-5-2/h8,11-12,15,17,20,25,27-28,30-31,34,39,41,45,48,63H,4-7,9-10,13-14,16,18-19,21-24,26,29,32-33,35-38,40,42-44,46-47,49-62H2,1-3H3/b11-8-,15-12-,20-17-,27-25-,30-28-,34-31-,41-39-,48-45-. The molecule has 6 heteroatoms. The zero-order chi connectivity index (χ0) is 52.2. The molecular weight excluding hydrogens is 889 g/mol. The first kappa shape index (κ1) is 68.3. The Labute approximate surface area is 445 Å². The van der Waals surface area contributed by atoms with Crippen LogP contribution in [0.1, 0.15) is 284 Å². The molecule has 1 unspecified atom stereocenters. The summed E-state index contributed by atoms with van der Waals surface area (Å²) < 4.78 is 16.8. The average molecular weight is 1000 g/mol. The van der Waals surface area contributed by atoms with Gasteiger partial charge in [0.15, 0.2) is 6.10 Å². The first-order valence-corrected chi connectivity index (χ1v) is 30.2. The second-order valence-corrected chi connectivity index (χ2v) is 19.9. The molecule has 0 fully saturated rings. The van der Waals surface area contributed by atoms with Gasteiger partial charge in [-0.1, -0.05) is 246 Å². The minimum absolute atomic E-state index is 0.0981. The van der Waals surface area contributed by atoms with E-state index in [2.05, 4.69) is 118 Å². The second kappa shape index (κ2) is 59.9. The Morgan fingerprint density at radius 1 is 0.292 bits per heavy atom. The Bertz CT molecular complexity index is 1430. The quantitative estimate of drug-likeness (QED) is 0.0261. The van der Waals surface area contributed by atoms with Crippen LogP contribution >= 0.6 is 0 Å². The molecule has 0 spiro atoms. The maximum absolute atomic E-state index is 12.8. The van der Waals surface area contributed by atoms with E-state index in [4.69, 9.17) is 14.2 Å². The maximum atomic E-state index is 12.8. The molecule has 412 valence electrons. The summed E-state index contributed by atoms with van der Waals surface area (Å²) in [6.07, 6.45) is 79.9. The summed E-state index contributed by atoms with van der Waals surface area (Å²) in [5.74, 6) is -0.950. The highest BCUT2D eigenvalue weighted by Gasteiger charge is 2.19. The van der Waals surface area contributed by atoms with Crippen LogP contribution in [0.15, 0.2) is 97.2 Å². The van der Waals surface area contributed by atoms with E-state index in [1.807, 2.05) is 0 Å². The van der Waals surface area contributed by atoms with Crippen LogP contribution in [0.2, 0.25) is 0 Å². The summed E-state index contributed by atoms with van der Waals surface area (Å²) in [7, 11) is 0. The zero-order valence-electron chi connectivity index (χ0n) is 47.2. The summed E-state index contributed by atoms with van der Waals surface area (Å²) in [6, 6.07) is 0. The van der Waals surface area contributed by atoms with Gasteiger partial charge < -0.3 is 14.2 Å². The SMILES string of the molecule is CC/C=C\C/C=C\C/C=C\C/C=C\C/C=C\C/C=C\CCCCC(=O)OC(COC(=O)CCCCCCC/C=C\CCC)COC(=O)CCCCCCCCCCCCC/C=C\CCCCCCCCCC. The highest BCUT2D eigenvalue weighted by Crippen LogP contribution is 2.15. The van der Waals surface area contributed by atoms with Crippen molar-refractivity contribution in [2.75, 3.05) is 13.2 Å². The van der Waals surface area contributed by atoms with Gasteiger partial charge in [0.2, 0.25) is 0 Å². The normalized spacial score (nSPS) is 12.8. The molecule has 1 atom stereocenters. The largest absolute Gasteiger partial charge is 0.462 e. The molecule has 6 nitrogen and oxygen atoms in total. The number of ether oxygens (including phenoxy) is 3. The van der Waals surface area contributed by atoms with Crippen molar-refractivity contribution >= 4 is 17.9 Å². The fourth-order valence-corrected chi connectivity index (χ4v) is 8.27. The Hall–Kier alpha value is -3.67. The van der Waals surface area contributed by atoms with Crippen molar-refractivity contribution in [2.24, 2.45) is 0 Å². The van der Waals surface area contributed by atoms with E-state index >= 15 is 0 Å². The summed E-state index contributed by atoms with van der Waals surface area (Å²) in [4.78, 5) is 38.1. The van der Waals surface area contributed by atoms with Crippen molar-refractivity contribution in [3.05, 3.63) is 97.2 Å². The van der Waals surface area contributed by atoms with Crippen molar-refractivity contribution in [2.45, 2.75) is 290 Å². The van der Waals surface area contributed by atoms with Crippen molar-refractivity contribution < 1.29 is 28.6 Å². The number of carbonyl (C=O) groups is 3. The molecule has 0 aliphatic carbocycles. The molecule has 0 N–H and O–H groups in total. The van der Waals surface area contributed by atoms with Gasteiger partial charge in [-0.25, -0.2) is 0 Å². The van der Waals surface area contributed by atoms with E-state index in [0.29, 0.717) is 19.3 Å². The number of esters is 3. The van der Waals surface area contributed by atoms with E-state index in [-0.39, 0.29) is 37.5 Å². The lowest BCUT2D eigenvalue weighted by Gasteiger charge is -2.18. The van der Waals surface area contributed by atoms with Crippen molar-refractivity contribution in [3.63, 3.8) is 0 Å². The molecular formula is C66H112O6. The minimum atomic E-state index is -0.805. The number of unbranched alkanes of at least 4 members (excludes halogenated alkanes) is 27. The molecule has 0 saturated heterocycles. The zero-order valence-corrected chi connectivity index (χ0v) is 47.2. The number of hydrogen-bond donors (Lipinski definition) is 0. The van der Waals surface area contributed by atoms with Gasteiger partial charge in [-0.3, -0.25) is 14.4 Å². The Kier molecular flexibility index (Phi) is 56.8. The third-order valence-electron chi connectivity index (χ3n) is 12.8.